The second-order valence-electron chi connectivity index (χ2n) is 6.19. The lowest BCUT2D eigenvalue weighted by atomic mass is 9.94. The maximum Gasteiger partial charge on any atom is 0.251 e. The number of amides is 1. The second-order valence-corrected chi connectivity index (χ2v) is 6.19. The number of piperidine rings is 1. The number of β-amino-alcohol motifs (C(OH)–C–C–N with tert-alkyl or cyclic N) is 1. The number of hydrogen-bond donors (Lipinski definition) is 3. The van der Waals surface area contributed by atoms with E-state index in [1.807, 2.05) is 0 Å². The normalized spacial score (nSPS) is 20.1. The Hall–Kier alpha value is -2.51. The molecule has 25 heavy (non-hydrogen) atoms. The molecule has 1 aromatic carbocycles. The van der Waals surface area contributed by atoms with Crippen molar-refractivity contribution in [2.45, 2.75) is 18.4 Å². The molecule has 1 amide bonds. The van der Waals surface area contributed by atoms with Crippen LogP contribution in [0.4, 0.5) is 0 Å². The van der Waals surface area contributed by atoms with Crippen LogP contribution in [0.25, 0.3) is 11.4 Å². The molecule has 3 rings (SSSR count). The number of rotatable bonds is 5. The van der Waals surface area contributed by atoms with E-state index in [4.69, 9.17) is 4.74 Å². The van der Waals surface area contributed by atoms with E-state index in [2.05, 4.69) is 20.6 Å². The number of aliphatic hydroxyl groups is 1. The monoisotopic (exact) mass is 342 g/mol. The van der Waals surface area contributed by atoms with Crippen LogP contribution in [0.2, 0.25) is 0 Å². The minimum atomic E-state index is -0.873. The molecule has 2 heterocycles. The Kier molecular flexibility index (Phi) is 5.25. The average molecular weight is 342 g/mol. The van der Waals surface area contributed by atoms with Crippen molar-refractivity contribution >= 4 is 5.91 Å². The van der Waals surface area contributed by atoms with Gasteiger partial charge in [0.1, 0.15) is 0 Å². The van der Waals surface area contributed by atoms with Crippen LogP contribution in [0.15, 0.2) is 36.5 Å². The Morgan fingerprint density at radius 1 is 1.36 bits per heavy atom. The van der Waals surface area contributed by atoms with Gasteiger partial charge in [-0.15, -0.1) is 0 Å². The largest absolute Gasteiger partial charge is 0.481 e. The van der Waals surface area contributed by atoms with Gasteiger partial charge >= 0.3 is 0 Å². The van der Waals surface area contributed by atoms with Crippen LogP contribution >= 0.6 is 0 Å². The van der Waals surface area contributed by atoms with Crippen LogP contribution in [-0.2, 0) is 0 Å². The molecule has 1 aliphatic heterocycles. The number of nitrogens with one attached hydrogen (secondary N) is 2. The Bertz CT molecular complexity index is 727. The number of ether oxygens (including phenoxy) is 1. The van der Waals surface area contributed by atoms with Gasteiger partial charge in [-0.05, 0) is 31.5 Å². The summed E-state index contributed by atoms with van der Waals surface area (Å²) in [4.78, 5) is 20.8. The molecule has 2 aromatic rings. The number of hydrogen-bond acceptors (Lipinski definition) is 6. The highest BCUT2D eigenvalue weighted by atomic mass is 16.5. The van der Waals surface area contributed by atoms with Gasteiger partial charge in [0.25, 0.3) is 5.91 Å². The molecule has 0 radical (unpaired) electrons. The first-order chi connectivity index (χ1) is 12.1. The molecule has 1 saturated heterocycles. The van der Waals surface area contributed by atoms with E-state index in [-0.39, 0.29) is 12.5 Å². The van der Waals surface area contributed by atoms with E-state index < -0.39 is 5.60 Å². The van der Waals surface area contributed by atoms with Gasteiger partial charge in [-0.2, -0.15) is 4.98 Å². The summed E-state index contributed by atoms with van der Waals surface area (Å²) in [5.41, 5.74) is 0.451. The quantitative estimate of drug-likeness (QED) is 0.750. The number of carbonyl (C=O) groups excluding carboxylic acids is 1. The third-order valence-corrected chi connectivity index (χ3v) is 4.27. The van der Waals surface area contributed by atoms with E-state index in [0.29, 0.717) is 30.2 Å². The minimum absolute atomic E-state index is 0.211. The highest BCUT2D eigenvalue weighted by molar-refractivity contribution is 5.94. The van der Waals surface area contributed by atoms with E-state index in [1.165, 1.54) is 0 Å². The van der Waals surface area contributed by atoms with Crippen LogP contribution in [0.3, 0.4) is 0 Å². The standard InChI is InChI=1S/C18H22N4O3/c1-25-15-7-10-20-16(22-15)13-3-5-14(6-4-13)17(23)21-12-18(24)8-2-9-19-11-18/h3-7,10,19,24H,2,8-9,11-12H2,1H3,(H,21,23)/t18-/m0/s1. The molecule has 7 heteroatoms. The van der Waals surface area contributed by atoms with Gasteiger partial charge in [-0.25, -0.2) is 4.98 Å². The van der Waals surface area contributed by atoms with Crippen molar-refractivity contribution in [3.63, 3.8) is 0 Å². The van der Waals surface area contributed by atoms with Crippen molar-refractivity contribution in [3.8, 4) is 17.3 Å². The van der Waals surface area contributed by atoms with Gasteiger partial charge in [0.2, 0.25) is 5.88 Å². The molecule has 0 unspecified atom stereocenters. The lowest BCUT2D eigenvalue weighted by Crippen LogP contribution is -2.52. The summed E-state index contributed by atoms with van der Waals surface area (Å²) in [6.07, 6.45) is 3.22. The Labute approximate surface area is 146 Å². The predicted octanol–water partition coefficient (Wildman–Crippen LogP) is 0.996. The highest BCUT2D eigenvalue weighted by Gasteiger charge is 2.29. The topological polar surface area (TPSA) is 96.4 Å². The van der Waals surface area contributed by atoms with Crippen molar-refractivity contribution in [2.75, 3.05) is 26.7 Å². The van der Waals surface area contributed by atoms with Crippen molar-refractivity contribution in [1.29, 1.82) is 0 Å². The molecule has 132 valence electrons. The summed E-state index contributed by atoms with van der Waals surface area (Å²) in [5.74, 6) is 0.812. The van der Waals surface area contributed by atoms with Crippen LogP contribution in [0.1, 0.15) is 23.2 Å². The average Bonchev–Trinajstić information content (AvgIpc) is 2.67. The summed E-state index contributed by atoms with van der Waals surface area (Å²) in [7, 11) is 1.55. The molecule has 0 saturated carbocycles. The zero-order chi connectivity index (χ0) is 17.7. The molecule has 7 nitrogen and oxygen atoms in total. The highest BCUT2D eigenvalue weighted by Crippen LogP contribution is 2.18. The smallest absolute Gasteiger partial charge is 0.251 e. The molecule has 1 aromatic heterocycles. The molecular formula is C18H22N4O3. The third-order valence-electron chi connectivity index (χ3n) is 4.27. The van der Waals surface area contributed by atoms with E-state index in [0.717, 1.165) is 18.5 Å². The number of benzene rings is 1. The van der Waals surface area contributed by atoms with Crippen LogP contribution in [-0.4, -0.2) is 53.3 Å². The number of carbonyl (C=O) groups is 1. The maximum absolute atomic E-state index is 12.3. The summed E-state index contributed by atoms with van der Waals surface area (Å²) in [5, 5.41) is 16.4. The van der Waals surface area contributed by atoms with Gasteiger partial charge in [-0.3, -0.25) is 4.79 Å². The Morgan fingerprint density at radius 2 is 2.16 bits per heavy atom. The lowest BCUT2D eigenvalue weighted by molar-refractivity contribution is 0.0170. The first-order valence-electron chi connectivity index (χ1n) is 8.28. The molecule has 1 aliphatic rings. The summed E-state index contributed by atoms with van der Waals surface area (Å²) >= 11 is 0. The second kappa shape index (κ2) is 7.58. The number of methoxy groups -OCH3 is 1. The molecular weight excluding hydrogens is 320 g/mol. The zero-order valence-electron chi connectivity index (χ0n) is 14.2. The van der Waals surface area contributed by atoms with Gasteiger partial charge in [-0.1, -0.05) is 12.1 Å². The fourth-order valence-corrected chi connectivity index (χ4v) is 2.82. The molecule has 1 fully saturated rings. The van der Waals surface area contributed by atoms with Crippen LogP contribution in [0.5, 0.6) is 5.88 Å². The van der Waals surface area contributed by atoms with Gasteiger partial charge in [0.15, 0.2) is 5.82 Å². The van der Waals surface area contributed by atoms with Crippen LogP contribution in [0, 0.1) is 0 Å². The minimum Gasteiger partial charge on any atom is -0.481 e. The number of nitrogens with zero attached hydrogens (tertiary/aromatic N) is 2. The molecule has 1 atom stereocenters. The molecule has 0 spiro atoms. The Morgan fingerprint density at radius 3 is 2.84 bits per heavy atom. The van der Waals surface area contributed by atoms with E-state index in [1.54, 1.807) is 43.6 Å². The van der Waals surface area contributed by atoms with Crippen molar-refractivity contribution in [3.05, 3.63) is 42.1 Å². The molecule has 0 aliphatic carbocycles. The summed E-state index contributed by atoms with van der Waals surface area (Å²) in [6.45, 7) is 1.64. The van der Waals surface area contributed by atoms with E-state index >= 15 is 0 Å². The first kappa shape index (κ1) is 17.3. The fraction of sp³-hybridized carbons (Fsp3) is 0.389. The van der Waals surface area contributed by atoms with Gasteiger partial charge in [0, 0.05) is 36.5 Å². The maximum atomic E-state index is 12.3. The fourth-order valence-electron chi connectivity index (χ4n) is 2.82. The summed E-state index contributed by atoms with van der Waals surface area (Å²) in [6, 6.07) is 8.70. The Balaban J connectivity index is 1.64. The van der Waals surface area contributed by atoms with E-state index in [9.17, 15) is 9.90 Å². The van der Waals surface area contributed by atoms with Gasteiger partial charge < -0.3 is 20.5 Å². The lowest BCUT2D eigenvalue weighted by Gasteiger charge is -2.32. The molecule has 3 N–H and O–H groups in total. The van der Waals surface area contributed by atoms with Gasteiger partial charge in [0.05, 0.1) is 12.7 Å². The molecule has 0 bridgehead atoms. The first-order valence-corrected chi connectivity index (χ1v) is 8.28. The third kappa shape index (κ3) is 4.32. The van der Waals surface area contributed by atoms with Crippen molar-refractivity contribution in [2.24, 2.45) is 0 Å². The van der Waals surface area contributed by atoms with Crippen molar-refractivity contribution < 1.29 is 14.6 Å². The summed E-state index contributed by atoms with van der Waals surface area (Å²) < 4.78 is 5.09. The predicted molar refractivity (Wildman–Crippen MR) is 93.4 cm³/mol. The van der Waals surface area contributed by atoms with Crippen LogP contribution < -0.4 is 15.4 Å². The zero-order valence-corrected chi connectivity index (χ0v) is 14.2. The van der Waals surface area contributed by atoms with Crippen molar-refractivity contribution in [1.82, 2.24) is 20.6 Å². The number of aromatic nitrogens is 2. The SMILES string of the molecule is COc1ccnc(-c2ccc(C(=O)NC[C@]3(O)CCCNC3)cc2)n1.